The fourth-order valence-corrected chi connectivity index (χ4v) is 4.02. The number of hydrogen-bond acceptors (Lipinski definition) is 2. The number of rotatable bonds is 5. The SMILES string of the molecule is Cc1cc(O)c(C[NH+]2CCC(C(=O)Nc3ccccc3)CC2)cc1C(C)C. The van der Waals surface area contributed by atoms with Gasteiger partial charge in [0.05, 0.1) is 13.1 Å². The van der Waals surface area contributed by atoms with E-state index in [1.54, 1.807) is 0 Å². The summed E-state index contributed by atoms with van der Waals surface area (Å²) in [5.41, 5.74) is 4.34. The van der Waals surface area contributed by atoms with Crippen molar-refractivity contribution in [3.63, 3.8) is 0 Å². The van der Waals surface area contributed by atoms with Gasteiger partial charge >= 0.3 is 0 Å². The molecular weight excluding hydrogens is 336 g/mol. The van der Waals surface area contributed by atoms with Crippen molar-refractivity contribution in [2.75, 3.05) is 18.4 Å². The molecule has 1 aliphatic rings. The monoisotopic (exact) mass is 367 g/mol. The van der Waals surface area contributed by atoms with Crippen LogP contribution in [-0.2, 0) is 11.3 Å². The van der Waals surface area contributed by atoms with E-state index in [1.165, 1.54) is 10.5 Å². The highest BCUT2D eigenvalue weighted by atomic mass is 16.3. The Balaban J connectivity index is 1.57. The van der Waals surface area contributed by atoms with Crippen molar-refractivity contribution in [1.82, 2.24) is 0 Å². The van der Waals surface area contributed by atoms with Gasteiger partial charge in [-0.05, 0) is 48.2 Å². The number of benzene rings is 2. The number of likely N-dealkylation sites (tertiary alicyclic amines) is 1. The van der Waals surface area contributed by atoms with Crippen LogP contribution in [0.1, 0.15) is 49.3 Å². The Labute approximate surface area is 162 Å². The second-order valence-electron chi connectivity index (χ2n) is 8.05. The number of para-hydroxylation sites is 1. The predicted molar refractivity (Wildman–Crippen MR) is 109 cm³/mol. The van der Waals surface area contributed by atoms with Crippen LogP contribution in [0.3, 0.4) is 0 Å². The van der Waals surface area contributed by atoms with Gasteiger partial charge in [0.15, 0.2) is 0 Å². The van der Waals surface area contributed by atoms with Crippen molar-refractivity contribution < 1.29 is 14.8 Å². The first-order valence-electron chi connectivity index (χ1n) is 9.96. The summed E-state index contributed by atoms with van der Waals surface area (Å²) in [7, 11) is 0. The summed E-state index contributed by atoms with van der Waals surface area (Å²) >= 11 is 0. The molecule has 0 atom stereocenters. The predicted octanol–water partition coefficient (Wildman–Crippen LogP) is 3.26. The molecule has 0 unspecified atom stereocenters. The Kier molecular flexibility index (Phi) is 6.17. The third kappa shape index (κ3) is 4.89. The van der Waals surface area contributed by atoms with E-state index in [2.05, 4.69) is 32.2 Å². The lowest BCUT2D eigenvalue weighted by Gasteiger charge is -2.29. The summed E-state index contributed by atoms with van der Waals surface area (Å²) in [5.74, 6) is 1.05. The number of phenols is 1. The first kappa shape index (κ1) is 19.4. The summed E-state index contributed by atoms with van der Waals surface area (Å²) < 4.78 is 0. The molecular formula is C23H31N2O2+. The van der Waals surface area contributed by atoms with Crippen molar-refractivity contribution in [2.24, 2.45) is 5.92 Å². The van der Waals surface area contributed by atoms with Crippen LogP contribution in [0.25, 0.3) is 0 Å². The first-order chi connectivity index (χ1) is 12.9. The molecule has 1 fully saturated rings. The van der Waals surface area contributed by atoms with Crippen LogP contribution >= 0.6 is 0 Å². The van der Waals surface area contributed by atoms with Gasteiger partial charge in [-0.3, -0.25) is 4.79 Å². The second kappa shape index (κ2) is 8.57. The van der Waals surface area contributed by atoms with Crippen LogP contribution in [0, 0.1) is 12.8 Å². The summed E-state index contributed by atoms with van der Waals surface area (Å²) in [5, 5.41) is 13.4. The summed E-state index contributed by atoms with van der Waals surface area (Å²) in [6.07, 6.45) is 1.77. The van der Waals surface area contributed by atoms with Gasteiger partial charge in [0.2, 0.25) is 5.91 Å². The van der Waals surface area contributed by atoms with Crippen LogP contribution in [0.5, 0.6) is 5.75 Å². The van der Waals surface area contributed by atoms with Gasteiger partial charge in [0.1, 0.15) is 12.3 Å². The molecule has 1 aliphatic heterocycles. The molecule has 3 N–H and O–H groups in total. The Morgan fingerprint density at radius 1 is 1.19 bits per heavy atom. The Morgan fingerprint density at radius 2 is 1.85 bits per heavy atom. The Hall–Kier alpha value is -2.33. The average molecular weight is 368 g/mol. The van der Waals surface area contributed by atoms with Gasteiger partial charge < -0.3 is 15.3 Å². The van der Waals surface area contributed by atoms with E-state index in [9.17, 15) is 9.90 Å². The summed E-state index contributed by atoms with van der Waals surface area (Å²) in [6.45, 7) is 9.16. The molecule has 0 spiro atoms. The lowest BCUT2D eigenvalue weighted by Crippen LogP contribution is -3.11. The molecule has 0 aliphatic carbocycles. The fraction of sp³-hybridized carbons (Fsp3) is 0.435. The molecule has 0 bridgehead atoms. The van der Waals surface area contributed by atoms with Crippen LogP contribution in [0.2, 0.25) is 0 Å². The van der Waals surface area contributed by atoms with Gasteiger partial charge in [-0.2, -0.15) is 0 Å². The maximum atomic E-state index is 12.5. The third-order valence-electron chi connectivity index (χ3n) is 5.63. The van der Waals surface area contributed by atoms with E-state index < -0.39 is 0 Å². The van der Waals surface area contributed by atoms with E-state index >= 15 is 0 Å². The smallest absolute Gasteiger partial charge is 0.227 e. The minimum atomic E-state index is 0.0757. The van der Waals surface area contributed by atoms with Crippen LogP contribution in [0.15, 0.2) is 42.5 Å². The molecule has 144 valence electrons. The average Bonchev–Trinajstić information content (AvgIpc) is 2.65. The highest BCUT2D eigenvalue weighted by Gasteiger charge is 2.28. The number of aromatic hydroxyl groups is 1. The van der Waals surface area contributed by atoms with Gasteiger partial charge in [0, 0.05) is 30.0 Å². The van der Waals surface area contributed by atoms with Crippen molar-refractivity contribution in [3.05, 3.63) is 59.2 Å². The summed E-state index contributed by atoms with van der Waals surface area (Å²) in [4.78, 5) is 13.9. The second-order valence-corrected chi connectivity index (χ2v) is 8.05. The minimum absolute atomic E-state index is 0.0757. The molecule has 3 rings (SSSR count). The number of hydrogen-bond donors (Lipinski definition) is 3. The van der Waals surface area contributed by atoms with E-state index in [4.69, 9.17) is 0 Å². The van der Waals surface area contributed by atoms with E-state index in [0.29, 0.717) is 11.7 Å². The van der Waals surface area contributed by atoms with Crippen LogP contribution < -0.4 is 10.2 Å². The topological polar surface area (TPSA) is 53.8 Å². The molecule has 2 aromatic rings. The third-order valence-corrected chi connectivity index (χ3v) is 5.63. The van der Waals surface area contributed by atoms with Gasteiger partial charge in [-0.1, -0.05) is 32.0 Å². The number of phenolic OH excluding ortho intramolecular Hbond substituents is 1. The number of amides is 1. The number of quaternary nitrogens is 1. The molecule has 0 radical (unpaired) electrons. The Bertz CT molecular complexity index is 778. The molecule has 1 heterocycles. The molecule has 0 aromatic heterocycles. The first-order valence-corrected chi connectivity index (χ1v) is 9.96. The highest BCUT2D eigenvalue weighted by Crippen LogP contribution is 2.27. The quantitative estimate of drug-likeness (QED) is 0.760. The standard InChI is InChI=1S/C23H30N2O2/c1-16(2)21-14-19(22(26)13-17(21)3)15-25-11-9-18(10-12-25)23(27)24-20-7-5-4-6-8-20/h4-8,13-14,16,18,26H,9-12,15H2,1-3H3,(H,24,27)/p+1. The molecule has 27 heavy (non-hydrogen) atoms. The number of aryl methyl sites for hydroxylation is 1. The normalized spacial score (nSPS) is 19.9. The molecule has 2 aromatic carbocycles. The number of carbonyl (C=O) groups is 1. The van der Waals surface area contributed by atoms with E-state index in [1.807, 2.05) is 36.4 Å². The molecule has 0 saturated carbocycles. The number of piperidine rings is 1. The minimum Gasteiger partial charge on any atom is -0.507 e. The van der Waals surface area contributed by atoms with E-state index in [0.717, 1.165) is 49.3 Å². The lowest BCUT2D eigenvalue weighted by molar-refractivity contribution is -0.919. The Morgan fingerprint density at radius 3 is 2.48 bits per heavy atom. The van der Waals surface area contributed by atoms with Gasteiger partial charge in [-0.15, -0.1) is 0 Å². The molecule has 1 amide bonds. The van der Waals surface area contributed by atoms with Crippen LogP contribution in [0.4, 0.5) is 5.69 Å². The highest BCUT2D eigenvalue weighted by molar-refractivity contribution is 5.92. The lowest BCUT2D eigenvalue weighted by atomic mass is 9.93. The molecule has 4 nitrogen and oxygen atoms in total. The number of carbonyl (C=O) groups excluding carboxylic acids is 1. The van der Waals surface area contributed by atoms with Crippen molar-refractivity contribution in [1.29, 1.82) is 0 Å². The maximum Gasteiger partial charge on any atom is 0.227 e. The van der Waals surface area contributed by atoms with Crippen molar-refractivity contribution >= 4 is 11.6 Å². The molecule has 4 heteroatoms. The summed E-state index contributed by atoms with van der Waals surface area (Å²) in [6, 6.07) is 13.7. The zero-order valence-corrected chi connectivity index (χ0v) is 16.6. The van der Waals surface area contributed by atoms with Gasteiger partial charge in [0.25, 0.3) is 0 Å². The largest absolute Gasteiger partial charge is 0.507 e. The van der Waals surface area contributed by atoms with Gasteiger partial charge in [-0.25, -0.2) is 0 Å². The van der Waals surface area contributed by atoms with Crippen LogP contribution in [-0.4, -0.2) is 24.1 Å². The van der Waals surface area contributed by atoms with E-state index in [-0.39, 0.29) is 11.8 Å². The zero-order valence-electron chi connectivity index (χ0n) is 16.6. The van der Waals surface area contributed by atoms with Crippen molar-refractivity contribution in [3.8, 4) is 5.75 Å². The number of nitrogens with one attached hydrogen (secondary N) is 2. The maximum absolute atomic E-state index is 12.5. The molecule has 1 saturated heterocycles. The fourth-order valence-electron chi connectivity index (χ4n) is 4.02. The zero-order chi connectivity index (χ0) is 19.4. The van der Waals surface area contributed by atoms with Crippen molar-refractivity contribution in [2.45, 2.75) is 46.1 Å². The number of anilines is 1.